The molecule has 0 aliphatic rings. The first kappa shape index (κ1) is 88.0. The fraction of sp³-hybridized carbons (Fsp3) is 0.875. The van der Waals surface area contributed by atoms with E-state index in [1.54, 1.807) is 0 Å². The highest BCUT2D eigenvalue weighted by molar-refractivity contribution is 7.47. The molecule has 90 heavy (non-hydrogen) atoms. The van der Waals surface area contributed by atoms with Crippen LogP contribution in [0.25, 0.3) is 0 Å². The molecule has 0 aromatic heterocycles. The molecule has 0 saturated carbocycles. The van der Waals surface area contributed by atoms with Gasteiger partial charge >= 0.3 is 19.8 Å². The van der Waals surface area contributed by atoms with Gasteiger partial charge in [0.1, 0.15) is 6.61 Å². The first-order chi connectivity index (χ1) is 44.3. The number of hydrogen-bond acceptors (Lipinski definition) is 8. The van der Waals surface area contributed by atoms with Crippen LogP contribution < -0.4 is 5.73 Å². The maximum Gasteiger partial charge on any atom is 0.472 e. The number of hydrogen-bond donors (Lipinski definition) is 2. The zero-order valence-corrected chi connectivity index (χ0v) is 60.8. The molecule has 2 unspecified atom stereocenters. The number of carbonyl (C=O) groups excluding carboxylic acids is 2. The zero-order valence-electron chi connectivity index (χ0n) is 59.9. The highest BCUT2D eigenvalue weighted by Crippen LogP contribution is 2.43. The van der Waals surface area contributed by atoms with E-state index in [1.807, 2.05) is 0 Å². The molecule has 3 N–H and O–H groups in total. The van der Waals surface area contributed by atoms with Crippen molar-refractivity contribution in [2.24, 2.45) is 5.73 Å². The summed E-state index contributed by atoms with van der Waals surface area (Å²) in [4.78, 5) is 35.4. The third kappa shape index (κ3) is 75.0. The Morgan fingerprint density at radius 1 is 0.344 bits per heavy atom. The summed E-state index contributed by atoms with van der Waals surface area (Å²) in [5.41, 5.74) is 5.42. The minimum absolute atomic E-state index is 0.0568. The van der Waals surface area contributed by atoms with Gasteiger partial charge < -0.3 is 20.1 Å². The van der Waals surface area contributed by atoms with Gasteiger partial charge in [-0.05, 0) is 51.4 Å². The van der Waals surface area contributed by atoms with Crippen LogP contribution in [-0.2, 0) is 32.7 Å². The first-order valence-electron chi connectivity index (χ1n) is 39.6. The van der Waals surface area contributed by atoms with Gasteiger partial charge in [-0.25, -0.2) is 4.57 Å². The lowest BCUT2D eigenvalue weighted by molar-refractivity contribution is -0.161. The number of allylic oxidation sites excluding steroid dienone is 8. The largest absolute Gasteiger partial charge is 0.472 e. The van der Waals surface area contributed by atoms with Crippen molar-refractivity contribution in [1.82, 2.24) is 0 Å². The lowest BCUT2D eigenvalue weighted by Crippen LogP contribution is -2.29. The molecule has 0 aromatic rings. The lowest BCUT2D eigenvalue weighted by atomic mass is 10.0. The molecule has 0 radical (unpaired) electrons. The maximum absolute atomic E-state index is 12.8. The van der Waals surface area contributed by atoms with Gasteiger partial charge in [0.15, 0.2) is 6.10 Å². The van der Waals surface area contributed by atoms with Crippen molar-refractivity contribution < 1.29 is 37.6 Å². The molecule has 2 atom stereocenters. The van der Waals surface area contributed by atoms with E-state index in [2.05, 4.69) is 62.5 Å². The Hall–Kier alpha value is -2.03. The smallest absolute Gasteiger partial charge is 0.462 e. The molecule has 10 heteroatoms. The number of esters is 2. The summed E-state index contributed by atoms with van der Waals surface area (Å²) in [7, 11) is -4.39. The third-order valence-corrected chi connectivity index (χ3v) is 19.0. The van der Waals surface area contributed by atoms with E-state index in [0.717, 1.165) is 57.8 Å². The molecule has 0 saturated heterocycles. The fourth-order valence-corrected chi connectivity index (χ4v) is 12.9. The third-order valence-electron chi connectivity index (χ3n) is 18.0. The average Bonchev–Trinajstić information content (AvgIpc) is 3.75. The predicted molar refractivity (Wildman–Crippen MR) is 390 cm³/mol. The number of phosphoric acid groups is 1. The van der Waals surface area contributed by atoms with Crippen LogP contribution in [0.15, 0.2) is 48.6 Å². The summed E-state index contributed by atoms with van der Waals surface area (Å²) in [6, 6.07) is 0. The van der Waals surface area contributed by atoms with E-state index in [9.17, 15) is 19.0 Å². The molecule has 530 valence electrons. The molecule has 0 fully saturated rings. The van der Waals surface area contributed by atoms with Gasteiger partial charge in [0.05, 0.1) is 13.2 Å². The minimum Gasteiger partial charge on any atom is -0.462 e. The summed E-state index contributed by atoms with van der Waals surface area (Å²) in [6.07, 6.45) is 98.3. The Balaban J connectivity index is 3.74. The van der Waals surface area contributed by atoms with E-state index in [-0.39, 0.29) is 38.6 Å². The Bertz CT molecular complexity index is 1620. The van der Waals surface area contributed by atoms with Gasteiger partial charge in [-0.1, -0.05) is 403 Å². The maximum atomic E-state index is 12.8. The Morgan fingerprint density at radius 3 is 0.911 bits per heavy atom. The molecule has 0 aliphatic carbocycles. The predicted octanol–water partition coefficient (Wildman–Crippen LogP) is 26.4. The lowest BCUT2D eigenvalue weighted by Gasteiger charge is -2.19. The van der Waals surface area contributed by atoms with Crippen LogP contribution in [-0.4, -0.2) is 49.3 Å². The Kier molecular flexibility index (Phi) is 74.3. The molecular weight excluding hydrogens is 1130 g/mol. The van der Waals surface area contributed by atoms with Gasteiger partial charge in [-0.15, -0.1) is 0 Å². The fourth-order valence-electron chi connectivity index (χ4n) is 12.2. The monoisotopic (exact) mass is 1290 g/mol. The van der Waals surface area contributed by atoms with Crippen molar-refractivity contribution >= 4 is 19.8 Å². The van der Waals surface area contributed by atoms with E-state index < -0.39 is 26.5 Å². The highest BCUT2D eigenvalue weighted by atomic mass is 31.2. The van der Waals surface area contributed by atoms with Crippen LogP contribution in [0.5, 0.6) is 0 Å². The van der Waals surface area contributed by atoms with Crippen molar-refractivity contribution in [2.75, 3.05) is 26.4 Å². The van der Waals surface area contributed by atoms with Crippen molar-refractivity contribution in [3.8, 4) is 0 Å². The van der Waals surface area contributed by atoms with Gasteiger partial charge in [-0.2, -0.15) is 0 Å². The number of unbranched alkanes of at least 4 members (excludes halogenated alkanes) is 55. The van der Waals surface area contributed by atoms with E-state index in [0.29, 0.717) is 6.42 Å². The standard InChI is InChI=1S/C80H152NO8P/c1-3-5-7-9-11-13-15-17-19-21-23-25-27-29-31-33-35-36-37-38-39-40-41-42-43-45-47-49-51-53-55-57-59-61-63-65-67-69-71-73-80(83)89-78(77-88-90(84,85)87-75-74-81)76-86-79(82)72-70-68-66-64-62-60-58-56-54-52-50-48-46-44-34-32-30-28-26-24-22-20-18-16-14-12-10-8-6-4-2/h5,7,11,13,17,19,23,25,78H,3-4,6,8-10,12,14-16,18,20-22,24,26-77,81H2,1-2H3,(H,84,85)/b7-5-,13-11-,19-17-,25-23-. The van der Waals surface area contributed by atoms with Crippen molar-refractivity contribution in [3.63, 3.8) is 0 Å². The molecular formula is C80H152NO8P. The molecule has 9 nitrogen and oxygen atoms in total. The van der Waals surface area contributed by atoms with Crippen LogP contribution in [0, 0.1) is 0 Å². The second-order valence-electron chi connectivity index (χ2n) is 26.9. The SMILES string of the molecule is CC/C=C\C/C=C\C/C=C\C/C=C\CCCCCCCCCCCCCCCCCCCCCCCCCCCCC(=O)OC(COC(=O)CCCCCCCCCCCCCCCCCCCCCCCCCCCCCCCC)COP(=O)(O)OCCN. The first-order valence-corrected chi connectivity index (χ1v) is 41.1. The summed E-state index contributed by atoms with van der Waals surface area (Å²) < 4.78 is 33.3. The Labute approximate surface area is 559 Å². The number of nitrogens with two attached hydrogens (primary N) is 1. The molecule has 0 rings (SSSR count). The van der Waals surface area contributed by atoms with Crippen LogP contribution in [0.4, 0.5) is 0 Å². The van der Waals surface area contributed by atoms with Crippen LogP contribution in [0.2, 0.25) is 0 Å². The van der Waals surface area contributed by atoms with E-state index >= 15 is 0 Å². The van der Waals surface area contributed by atoms with Crippen LogP contribution in [0.1, 0.15) is 418 Å². The van der Waals surface area contributed by atoms with Gasteiger partial charge in [0, 0.05) is 19.4 Å². The summed E-state index contributed by atoms with van der Waals surface area (Å²) >= 11 is 0. The topological polar surface area (TPSA) is 134 Å². The van der Waals surface area contributed by atoms with Crippen molar-refractivity contribution in [3.05, 3.63) is 48.6 Å². The molecule has 0 aromatic carbocycles. The summed E-state index contributed by atoms with van der Waals surface area (Å²) in [6.45, 7) is 3.72. The number of rotatable bonds is 76. The zero-order chi connectivity index (χ0) is 65.1. The van der Waals surface area contributed by atoms with Gasteiger partial charge in [0.25, 0.3) is 0 Å². The van der Waals surface area contributed by atoms with Gasteiger partial charge in [-0.3, -0.25) is 18.6 Å². The van der Waals surface area contributed by atoms with Crippen molar-refractivity contribution in [1.29, 1.82) is 0 Å². The molecule has 0 amide bonds. The summed E-state index contributed by atoms with van der Waals surface area (Å²) in [5, 5.41) is 0. The molecule has 0 heterocycles. The molecule has 0 bridgehead atoms. The normalized spacial score (nSPS) is 13.1. The van der Waals surface area contributed by atoms with Crippen molar-refractivity contribution in [2.45, 2.75) is 424 Å². The Morgan fingerprint density at radius 2 is 0.611 bits per heavy atom. The molecule has 0 aliphatic heterocycles. The minimum atomic E-state index is -4.39. The van der Waals surface area contributed by atoms with Crippen LogP contribution in [0.3, 0.4) is 0 Å². The van der Waals surface area contributed by atoms with Crippen LogP contribution >= 0.6 is 7.82 Å². The number of phosphoric ester groups is 1. The summed E-state index contributed by atoms with van der Waals surface area (Å²) in [5.74, 6) is -0.800. The molecule has 0 spiro atoms. The number of carbonyl (C=O) groups is 2. The highest BCUT2D eigenvalue weighted by Gasteiger charge is 2.26. The van der Waals surface area contributed by atoms with E-state index in [4.69, 9.17) is 24.3 Å². The van der Waals surface area contributed by atoms with E-state index in [1.165, 1.54) is 327 Å². The quantitative estimate of drug-likeness (QED) is 0.0264. The van der Waals surface area contributed by atoms with Gasteiger partial charge in [0.2, 0.25) is 0 Å². The second-order valence-corrected chi connectivity index (χ2v) is 28.4. The second kappa shape index (κ2) is 76.0. The number of ether oxygens (including phenoxy) is 2. The average molecular weight is 1290 g/mol.